The largest absolute Gasteiger partial charge is 0.0625 e. The molecule has 0 heterocycles. The van der Waals surface area contributed by atoms with Crippen molar-refractivity contribution in [3.63, 3.8) is 0 Å². The molecule has 2 saturated carbocycles. The smallest absolute Gasteiger partial charge is 0.0323 e. The minimum atomic E-state index is 0.874. The van der Waals surface area contributed by atoms with E-state index in [0.717, 1.165) is 35.5 Å². The molecule has 0 amide bonds. The zero-order valence-corrected chi connectivity index (χ0v) is 11.4. The van der Waals surface area contributed by atoms with Crippen molar-refractivity contribution in [2.45, 2.75) is 53.4 Å². The van der Waals surface area contributed by atoms with Gasteiger partial charge in [-0.3, -0.25) is 0 Å². The van der Waals surface area contributed by atoms with Crippen LogP contribution in [0.3, 0.4) is 0 Å². The van der Waals surface area contributed by atoms with Gasteiger partial charge in [-0.25, -0.2) is 0 Å². The monoisotopic (exact) mass is 220 g/mol. The van der Waals surface area contributed by atoms with E-state index in [9.17, 15) is 0 Å². The second kappa shape index (κ2) is 5.10. The maximum atomic E-state index is 2.65. The van der Waals surface area contributed by atoms with E-state index >= 15 is 0 Å². The molecule has 0 nitrogen and oxygen atoms in total. The quantitative estimate of drug-likeness (QED) is 0.597. The van der Waals surface area contributed by atoms with Crippen molar-refractivity contribution in [2.75, 3.05) is 0 Å². The van der Waals surface area contributed by atoms with E-state index in [1.165, 1.54) is 25.7 Å². The molecule has 92 valence electrons. The summed E-state index contributed by atoms with van der Waals surface area (Å²) in [4.78, 5) is 0. The summed E-state index contributed by atoms with van der Waals surface area (Å²) in [5.74, 6) is 5.40. The van der Waals surface area contributed by atoms with E-state index in [1.54, 1.807) is 0 Å². The standard InChI is InChI=1S/C16H28/c1-11-5-7-15(13(3)9-11)16-8-6-12(2)10-14(16)4/h7-8,11-16H,5-6,9-10H2,1-4H3. The SMILES string of the molecule is CC1C[CH]C(C2[CH]CC(C)CC2C)C(C)C1. The molecule has 0 aliphatic heterocycles. The van der Waals surface area contributed by atoms with Gasteiger partial charge in [0.25, 0.3) is 0 Å². The highest BCUT2D eigenvalue weighted by Crippen LogP contribution is 2.45. The molecular formula is C16H28. The van der Waals surface area contributed by atoms with Gasteiger partial charge in [0.15, 0.2) is 0 Å². The highest BCUT2D eigenvalue weighted by atomic mass is 14.4. The lowest BCUT2D eigenvalue weighted by Crippen LogP contribution is -2.35. The van der Waals surface area contributed by atoms with Crippen LogP contribution in [0.1, 0.15) is 53.4 Å². The minimum Gasteiger partial charge on any atom is -0.0625 e. The van der Waals surface area contributed by atoms with Gasteiger partial charge in [0.2, 0.25) is 0 Å². The third-order valence-corrected chi connectivity index (χ3v) is 4.93. The number of rotatable bonds is 1. The third-order valence-electron chi connectivity index (χ3n) is 4.93. The zero-order chi connectivity index (χ0) is 11.7. The summed E-state index contributed by atoms with van der Waals surface area (Å²) in [7, 11) is 0. The summed E-state index contributed by atoms with van der Waals surface area (Å²) in [5.41, 5.74) is 0. The molecule has 0 aromatic carbocycles. The molecule has 0 saturated heterocycles. The first-order valence-electron chi connectivity index (χ1n) is 7.24. The summed E-state index contributed by atoms with van der Waals surface area (Å²) >= 11 is 0. The molecule has 0 heteroatoms. The van der Waals surface area contributed by atoms with Crippen LogP contribution >= 0.6 is 0 Å². The predicted octanol–water partition coefficient (Wildman–Crippen LogP) is 4.76. The molecule has 0 aromatic rings. The molecule has 6 unspecified atom stereocenters. The van der Waals surface area contributed by atoms with Gasteiger partial charge in [0.05, 0.1) is 0 Å². The van der Waals surface area contributed by atoms with Gasteiger partial charge in [-0.05, 0) is 74.0 Å². The van der Waals surface area contributed by atoms with Crippen LogP contribution in [0, 0.1) is 48.3 Å². The lowest BCUT2D eigenvalue weighted by molar-refractivity contribution is 0.136. The van der Waals surface area contributed by atoms with Gasteiger partial charge in [-0.15, -0.1) is 0 Å². The van der Waals surface area contributed by atoms with E-state index in [0.29, 0.717) is 0 Å². The molecule has 2 radical (unpaired) electrons. The Labute approximate surface area is 102 Å². The van der Waals surface area contributed by atoms with E-state index in [4.69, 9.17) is 0 Å². The van der Waals surface area contributed by atoms with Gasteiger partial charge in [-0.2, -0.15) is 0 Å². The van der Waals surface area contributed by atoms with E-state index in [-0.39, 0.29) is 0 Å². The third kappa shape index (κ3) is 2.63. The number of hydrogen-bond donors (Lipinski definition) is 0. The molecule has 6 atom stereocenters. The van der Waals surface area contributed by atoms with Crippen LogP contribution in [0.25, 0.3) is 0 Å². The zero-order valence-electron chi connectivity index (χ0n) is 11.4. The van der Waals surface area contributed by atoms with Crippen LogP contribution in [0.5, 0.6) is 0 Å². The summed E-state index contributed by atoms with van der Waals surface area (Å²) < 4.78 is 0. The molecule has 16 heavy (non-hydrogen) atoms. The average molecular weight is 220 g/mol. The first kappa shape index (κ1) is 12.5. The Morgan fingerprint density at radius 2 is 1.06 bits per heavy atom. The topological polar surface area (TPSA) is 0 Å². The highest BCUT2D eigenvalue weighted by molar-refractivity contribution is 5.00. The molecule has 2 aliphatic carbocycles. The Bertz CT molecular complexity index is 196. The van der Waals surface area contributed by atoms with Gasteiger partial charge < -0.3 is 0 Å². The first-order valence-corrected chi connectivity index (χ1v) is 7.24. The molecule has 2 rings (SSSR count). The van der Waals surface area contributed by atoms with Crippen molar-refractivity contribution in [3.8, 4) is 0 Å². The summed E-state index contributed by atoms with van der Waals surface area (Å²) in [5, 5.41) is 0. The van der Waals surface area contributed by atoms with Crippen molar-refractivity contribution >= 4 is 0 Å². The van der Waals surface area contributed by atoms with Crippen molar-refractivity contribution in [3.05, 3.63) is 12.8 Å². The van der Waals surface area contributed by atoms with Crippen LogP contribution in [0.2, 0.25) is 0 Å². The van der Waals surface area contributed by atoms with Crippen LogP contribution in [-0.2, 0) is 0 Å². The second-order valence-electron chi connectivity index (χ2n) is 6.73. The fourth-order valence-corrected chi connectivity index (χ4v) is 4.09. The van der Waals surface area contributed by atoms with Crippen LogP contribution in [0.15, 0.2) is 0 Å². The fraction of sp³-hybridized carbons (Fsp3) is 0.875. The van der Waals surface area contributed by atoms with Crippen LogP contribution in [0.4, 0.5) is 0 Å². The van der Waals surface area contributed by atoms with Crippen molar-refractivity contribution in [1.82, 2.24) is 0 Å². The first-order chi connectivity index (χ1) is 7.58. The van der Waals surface area contributed by atoms with Crippen molar-refractivity contribution < 1.29 is 0 Å². The molecule has 0 spiro atoms. The van der Waals surface area contributed by atoms with E-state index in [1.807, 2.05) is 0 Å². The second-order valence-corrected chi connectivity index (χ2v) is 6.73. The summed E-state index contributed by atoms with van der Waals surface area (Å²) in [6.07, 6.45) is 10.9. The van der Waals surface area contributed by atoms with Gasteiger partial charge >= 0.3 is 0 Å². The average Bonchev–Trinajstić information content (AvgIpc) is 2.19. The van der Waals surface area contributed by atoms with E-state index < -0.39 is 0 Å². The van der Waals surface area contributed by atoms with Gasteiger partial charge in [0, 0.05) is 0 Å². The minimum absolute atomic E-state index is 0.874. The lowest BCUT2D eigenvalue weighted by Gasteiger charge is -2.43. The fourth-order valence-electron chi connectivity index (χ4n) is 4.09. The Morgan fingerprint density at radius 1 is 0.688 bits per heavy atom. The predicted molar refractivity (Wildman–Crippen MR) is 70.7 cm³/mol. The maximum Gasteiger partial charge on any atom is -0.0323 e. The molecule has 0 aromatic heterocycles. The summed E-state index contributed by atoms with van der Waals surface area (Å²) in [6.45, 7) is 9.74. The van der Waals surface area contributed by atoms with Crippen LogP contribution < -0.4 is 0 Å². The van der Waals surface area contributed by atoms with Crippen LogP contribution in [-0.4, -0.2) is 0 Å². The Balaban J connectivity index is 1.96. The normalized spacial score (nSPS) is 50.2. The summed E-state index contributed by atoms with van der Waals surface area (Å²) in [6, 6.07) is 0. The highest BCUT2D eigenvalue weighted by Gasteiger charge is 2.36. The Hall–Kier alpha value is 0. The van der Waals surface area contributed by atoms with Gasteiger partial charge in [0.1, 0.15) is 0 Å². The maximum absolute atomic E-state index is 2.65. The Morgan fingerprint density at radius 3 is 1.38 bits per heavy atom. The van der Waals surface area contributed by atoms with Crippen molar-refractivity contribution in [1.29, 1.82) is 0 Å². The Kier molecular flexibility index (Phi) is 3.97. The lowest BCUT2D eigenvalue weighted by atomic mass is 9.62. The molecule has 0 bridgehead atoms. The van der Waals surface area contributed by atoms with Crippen molar-refractivity contribution in [2.24, 2.45) is 35.5 Å². The number of hydrogen-bond acceptors (Lipinski definition) is 0. The molecular weight excluding hydrogens is 192 g/mol. The molecule has 0 N–H and O–H groups in total. The van der Waals surface area contributed by atoms with Gasteiger partial charge in [-0.1, -0.05) is 27.7 Å². The van der Waals surface area contributed by atoms with E-state index in [2.05, 4.69) is 40.5 Å². The molecule has 2 aliphatic rings. The molecule has 2 fully saturated rings.